The van der Waals surface area contributed by atoms with E-state index in [1.807, 2.05) is 0 Å². The second-order valence-corrected chi connectivity index (χ2v) is 4.11. The zero-order valence-electron chi connectivity index (χ0n) is 7.70. The number of aromatic nitrogens is 2. The molecule has 0 fully saturated rings. The summed E-state index contributed by atoms with van der Waals surface area (Å²) >= 11 is 8.74. The third kappa shape index (κ3) is 1.72. The number of rotatable bonds is 2. The first-order chi connectivity index (χ1) is 7.13. The Balaban J connectivity index is 2.83. The van der Waals surface area contributed by atoms with Gasteiger partial charge in [0.2, 0.25) is 0 Å². The fourth-order valence-corrected chi connectivity index (χ4v) is 1.89. The molecule has 2 aromatic rings. The minimum atomic E-state index is -0.550. The third-order valence-electron chi connectivity index (χ3n) is 1.98. The maximum absolute atomic E-state index is 11.1. The Hall–Kier alpha value is -1.07. The molecule has 2 aromatic heterocycles. The molecule has 0 N–H and O–H groups in total. The lowest BCUT2D eigenvalue weighted by atomic mass is 10.2. The van der Waals surface area contributed by atoms with Gasteiger partial charge in [-0.3, -0.25) is 4.79 Å². The smallest absolute Gasteiger partial charge is 0.256 e. The van der Waals surface area contributed by atoms with E-state index < -0.39 is 5.24 Å². The van der Waals surface area contributed by atoms with Crippen molar-refractivity contribution in [1.82, 2.24) is 9.61 Å². The van der Waals surface area contributed by atoms with Crippen molar-refractivity contribution >= 4 is 38.3 Å². The number of pyridine rings is 1. The summed E-state index contributed by atoms with van der Waals surface area (Å²) in [5, 5.41) is 3.46. The third-order valence-corrected chi connectivity index (χ3v) is 2.61. The number of fused-ring (bicyclic) bond motifs is 1. The maximum atomic E-state index is 11.1. The molecule has 0 aliphatic rings. The summed E-state index contributed by atoms with van der Waals surface area (Å²) in [6.07, 6.45) is 3.14. The summed E-state index contributed by atoms with van der Waals surface area (Å²) in [5.74, 6) is 0.547. The van der Waals surface area contributed by atoms with E-state index in [-0.39, 0.29) is 0 Å². The monoisotopic (exact) mass is 288 g/mol. The normalized spacial score (nSPS) is 10.6. The summed E-state index contributed by atoms with van der Waals surface area (Å²) in [6, 6.07) is 1.75. The van der Waals surface area contributed by atoms with Crippen LogP contribution in [0.4, 0.5) is 0 Å². The largest absolute Gasteiger partial charge is 0.494 e. The second-order valence-electron chi connectivity index (χ2n) is 2.85. The average Bonchev–Trinajstić information content (AvgIpc) is 2.59. The van der Waals surface area contributed by atoms with Gasteiger partial charge in [-0.2, -0.15) is 5.10 Å². The molecule has 0 spiro atoms. The van der Waals surface area contributed by atoms with Gasteiger partial charge in [0.25, 0.3) is 5.24 Å². The molecule has 0 aliphatic carbocycles. The summed E-state index contributed by atoms with van der Waals surface area (Å²) in [4.78, 5) is 11.1. The van der Waals surface area contributed by atoms with Crippen LogP contribution < -0.4 is 4.74 Å². The molecule has 2 heterocycles. The standard InChI is InChI=1S/C9H6BrClN2O2/c1-15-7-2-5(10)4-13-8(7)6(3-12-13)9(11)14/h2-4H,1H3. The molecule has 0 bridgehead atoms. The predicted molar refractivity (Wildman–Crippen MR) is 59.6 cm³/mol. The van der Waals surface area contributed by atoms with Crippen LogP contribution in [0, 0.1) is 0 Å². The van der Waals surface area contributed by atoms with E-state index in [9.17, 15) is 4.79 Å². The van der Waals surface area contributed by atoms with E-state index in [2.05, 4.69) is 21.0 Å². The van der Waals surface area contributed by atoms with Crippen LogP contribution in [0.25, 0.3) is 5.52 Å². The van der Waals surface area contributed by atoms with E-state index in [0.29, 0.717) is 16.8 Å². The predicted octanol–water partition coefficient (Wildman–Crippen LogP) is 2.48. The van der Waals surface area contributed by atoms with Crippen molar-refractivity contribution < 1.29 is 9.53 Å². The molecule has 0 saturated heterocycles. The van der Waals surface area contributed by atoms with E-state index >= 15 is 0 Å². The molecule has 4 nitrogen and oxygen atoms in total. The van der Waals surface area contributed by atoms with Gasteiger partial charge in [-0.25, -0.2) is 4.52 Å². The maximum Gasteiger partial charge on any atom is 0.256 e. The molecule has 0 radical (unpaired) electrons. The highest BCUT2D eigenvalue weighted by Gasteiger charge is 2.15. The van der Waals surface area contributed by atoms with Crippen LogP contribution in [-0.4, -0.2) is 22.0 Å². The number of carbonyl (C=O) groups excluding carboxylic acids is 1. The van der Waals surface area contributed by atoms with E-state index in [1.54, 1.807) is 16.8 Å². The first-order valence-corrected chi connectivity index (χ1v) is 5.21. The second kappa shape index (κ2) is 3.83. The minimum Gasteiger partial charge on any atom is -0.494 e. The van der Waals surface area contributed by atoms with Gasteiger partial charge in [-0.15, -0.1) is 0 Å². The first-order valence-electron chi connectivity index (χ1n) is 4.04. The van der Waals surface area contributed by atoms with Crippen LogP contribution in [0.15, 0.2) is 22.9 Å². The number of hydrogen-bond acceptors (Lipinski definition) is 3. The lowest BCUT2D eigenvalue weighted by Gasteiger charge is -2.04. The topological polar surface area (TPSA) is 43.6 Å². The molecule has 0 atom stereocenters. The Morgan fingerprint density at radius 3 is 3.00 bits per heavy atom. The number of ether oxygens (including phenoxy) is 1. The van der Waals surface area contributed by atoms with E-state index in [4.69, 9.17) is 16.3 Å². The minimum absolute atomic E-state index is 0.334. The lowest BCUT2D eigenvalue weighted by Crippen LogP contribution is -1.94. The molecular weight excluding hydrogens is 283 g/mol. The van der Waals surface area contributed by atoms with Gasteiger partial charge in [-0.1, -0.05) is 0 Å². The van der Waals surface area contributed by atoms with Crippen molar-refractivity contribution in [3.8, 4) is 5.75 Å². The Labute approximate surface area is 98.9 Å². The molecule has 78 valence electrons. The molecule has 0 amide bonds. The van der Waals surface area contributed by atoms with E-state index in [1.165, 1.54) is 13.3 Å². The Bertz CT molecular complexity index is 538. The highest BCUT2D eigenvalue weighted by molar-refractivity contribution is 9.10. The van der Waals surface area contributed by atoms with Gasteiger partial charge >= 0.3 is 0 Å². The number of nitrogens with zero attached hydrogens (tertiary/aromatic N) is 2. The summed E-state index contributed by atoms with van der Waals surface area (Å²) < 4.78 is 7.50. The fourth-order valence-electron chi connectivity index (χ4n) is 1.35. The molecule has 15 heavy (non-hydrogen) atoms. The van der Waals surface area contributed by atoms with Crippen molar-refractivity contribution in [3.05, 3.63) is 28.5 Å². The van der Waals surface area contributed by atoms with Gasteiger partial charge < -0.3 is 4.74 Å². The number of halogens is 2. The van der Waals surface area contributed by atoms with Crippen LogP contribution in [0.2, 0.25) is 0 Å². The average molecular weight is 290 g/mol. The van der Waals surface area contributed by atoms with Crippen LogP contribution >= 0.6 is 27.5 Å². The zero-order valence-corrected chi connectivity index (χ0v) is 10.0. The molecule has 2 rings (SSSR count). The van der Waals surface area contributed by atoms with Gasteiger partial charge in [0.15, 0.2) is 0 Å². The molecule has 0 saturated carbocycles. The van der Waals surface area contributed by atoms with Crippen LogP contribution in [0.3, 0.4) is 0 Å². The SMILES string of the molecule is COc1cc(Br)cn2ncc(C(=O)Cl)c12. The van der Waals surface area contributed by atoms with E-state index in [0.717, 1.165) is 4.47 Å². The Morgan fingerprint density at radius 2 is 2.40 bits per heavy atom. The number of methoxy groups -OCH3 is 1. The van der Waals surface area contributed by atoms with Crippen LogP contribution in [0.5, 0.6) is 5.75 Å². The summed E-state index contributed by atoms with van der Waals surface area (Å²) in [6.45, 7) is 0. The van der Waals surface area contributed by atoms with Gasteiger partial charge in [0.1, 0.15) is 11.3 Å². The fraction of sp³-hybridized carbons (Fsp3) is 0.111. The zero-order chi connectivity index (χ0) is 11.0. The number of carbonyl (C=O) groups is 1. The quantitative estimate of drug-likeness (QED) is 0.798. The van der Waals surface area contributed by atoms with Gasteiger partial charge in [0.05, 0.1) is 18.9 Å². The van der Waals surface area contributed by atoms with Crippen molar-refractivity contribution in [2.24, 2.45) is 0 Å². The lowest BCUT2D eigenvalue weighted by molar-refractivity contribution is 0.108. The van der Waals surface area contributed by atoms with Gasteiger partial charge in [-0.05, 0) is 33.6 Å². The molecule has 0 unspecified atom stereocenters. The Kier molecular flexibility index (Phi) is 2.67. The summed E-state index contributed by atoms with van der Waals surface area (Å²) in [7, 11) is 1.53. The van der Waals surface area contributed by atoms with Crippen molar-refractivity contribution in [2.45, 2.75) is 0 Å². The van der Waals surface area contributed by atoms with Crippen LogP contribution in [0.1, 0.15) is 10.4 Å². The summed E-state index contributed by atoms with van der Waals surface area (Å²) in [5.41, 5.74) is 0.904. The Morgan fingerprint density at radius 1 is 1.67 bits per heavy atom. The van der Waals surface area contributed by atoms with Crippen LogP contribution in [-0.2, 0) is 0 Å². The highest BCUT2D eigenvalue weighted by atomic mass is 79.9. The molecular formula is C9H6BrClN2O2. The first kappa shape index (κ1) is 10.4. The molecule has 6 heteroatoms. The number of hydrogen-bond donors (Lipinski definition) is 0. The molecule has 0 aromatic carbocycles. The van der Waals surface area contributed by atoms with Crippen molar-refractivity contribution in [2.75, 3.05) is 7.11 Å². The van der Waals surface area contributed by atoms with Crippen molar-refractivity contribution in [1.29, 1.82) is 0 Å². The molecule has 0 aliphatic heterocycles. The highest BCUT2D eigenvalue weighted by Crippen LogP contribution is 2.27. The van der Waals surface area contributed by atoms with Crippen molar-refractivity contribution in [3.63, 3.8) is 0 Å². The van der Waals surface area contributed by atoms with Gasteiger partial charge in [0, 0.05) is 10.7 Å².